The van der Waals surface area contributed by atoms with E-state index in [-0.39, 0.29) is 26.7 Å². The number of ether oxygens (including phenoxy) is 1. The number of alkyl halides is 2. The molecule has 0 aliphatic heterocycles. The maximum Gasteiger partial charge on any atom is 0.355 e. The fraction of sp³-hybridized carbons (Fsp3) is 0.267. The van der Waals surface area contributed by atoms with Gasteiger partial charge < -0.3 is 4.74 Å². The summed E-state index contributed by atoms with van der Waals surface area (Å²) in [6, 6.07) is 3.36. The van der Waals surface area contributed by atoms with E-state index in [4.69, 9.17) is 16.3 Å². The molecule has 0 saturated heterocycles. The lowest BCUT2D eigenvalue weighted by Crippen LogP contribution is -2.33. The molecule has 1 aromatic heterocycles. The van der Waals surface area contributed by atoms with Crippen molar-refractivity contribution in [2.45, 2.75) is 12.7 Å². The Hall–Kier alpha value is -2.73. The molecule has 2 aromatic rings. The van der Waals surface area contributed by atoms with Crippen molar-refractivity contribution in [2.24, 2.45) is 0 Å². The molecule has 150 valence electrons. The average molecular weight is 435 g/mol. The van der Waals surface area contributed by atoms with E-state index in [0.29, 0.717) is 0 Å². The van der Waals surface area contributed by atoms with E-state index >= 15 is 0 Å². The van der Waals surface area contributed by atoms with Crippen molar-refractivity contribution in [3.8, 4) is 6.01 Å². The normalized spacial score (nSPS) is 11.4. The Bertz CT molecular complexity index is 1050. The second-order valence-corrected chi connectivity index (χ2v) is 7.60. The number of aromatic nitrogens is 3. The molecule has 0 bridgehead atoms. The third kappa shape index (κ3) is 4.07. The van der Waals surface area contributed by atoms with Crippen LogP contribution in [-0.4, -0.2) is 54.9 Å². The number of benzene rings is 1. The summed E-state index contributed by atoms with van der Waals surface area (Å²) in [5.41, 5.74) is -0.861. The molecule has 0 unspecified atom stereocenters. The molecular formula is C15H13ClF2N4O5S. The van der Waals surface area contributed by atoms with Gasteiger partial charge in [-0.05, 0) is 12.1 Å². The van der Waals surface area contributed by atoms with Crippen molar-refractivity contribution in [1.82, 2.24) is 15.0 Å². The number of carbonyl (C=O) groups excluding carboxylic acids is 2. The van der Waals surface area contributed by atoms with Crippen molar-refractivity contribution in [3.05, 3.63) is 40.4 Å². The van der Waals surface area contributed by atoms with Crippen LogP contribution in [0.5, 0.6) is 6.01 Å². The quantitative estimate of drug-likeness (QED) is 0.606. The summed E-state index contributed by atoms with van der Waals surface area (Å²) in [5.74, 6) is -6.22. The fourth-order valence-electron chi connectivity index (χ4n) is 2.09. The Kier molecular flexibility index (Phi) is 6.24. The van der Waals surface area contributed by atoms with Crippen LogP contribution in [0.3, 0.4) is 0 Å². The molecule has 0 spiro atoms. The topological polar surface area (TPSA) is 119 Å². The molecule has 28 heavy (non-hydrogen) atoms. The molecule has 0 amide bonds. The third-order valence-corrected chi connectivity index (χ3v) is 5.17. The number of ketones is 2. The first kappa shape index (κ1) is 21.6. The highest BCUT2D eigenvalue weighted by Crippen LogP contribution is 2.33. The maximum absolute atomic E-state index is 12.9. The first-order valence-corrected chi connectivity index (χ1v) is 9.29. The zero-order chi connectivity index (χ0) is 21.2. The van der Waals surface area contributed by atoms with Crippen molar-refractivity contribution < 1.29 is 31.5 Å². The summed E-state index contributed by atoms with van der Waals surface area (Å²) >= 11 is 5.97. The number of nitrogens with zero attached hydrogens (tertiary/aromatic N) is 4. The number of halogens is 3. The first-order valence-electron chi connectivity index (χ1n) is 7.40. The molecule has 2 rings (SSSR count). The zero-order valence-corrected chi connectivity index (χ0v) is 16.3. The number of para-hydroxylation sites is 1. The van der Waals surface area contributed by atoms with E-state index in [9.17, 15) is 26.8 Å². The van der Waals surface area contributed by atoms with Gasteiger partial charge in [0.2, 0.25) is 17.4 Å². The van der Waals surface area contributed by atoms with Gasteiger partial charge in [-0.1, -0.05) is 17.7 Å². The number of Topliss-reactive ketones (excluding diaryl/α,β-unsaturated/α-hetero) is 1. The largest absolute Gasteiger partial charge is 0.467 e. The monoisotopic (exact) mass is 434 g/mol. The highest BCUT2D eigenvalue weighted by Gasteiger charge is 2.34. The molecule has 0 fully saturated rings. The fourth-order valence-corrected chi connectivity index (χ4v) is 3.13. The van der Waals surface area contributed by atoms with Gasteiger partial charge in [0, 0.05) is 14.0 Å². The van der Waals surface area contributed by atoms with Crippen molar-refractivity contribution in [2.75, 3.05) is 18.5 Å². The third-order valence-electron chi connectivity index (χ3n) is 3.47. The van der Waals surface area contributed by atoms with Gasteiger partial charge in [0.15, 0.2) is 5.78 Å². The van der Waals surface area contributed by atoms with Crippen LogP contribution < -0.4 is 9.04 Å². The number of sulfonamides is 1. The SMILES string of the molecule is COc1nc(C(C)=O)nc(C(=O)c2cccc(Cl)c2N(C)S(=O)(=O)C(F)F)n1. The number of carbonyl (C=O) groups is 2. The van der Waals surface area contributed by atoms with Crippen LogP contribution in [-0.2, 0) is 10.0 Å². The van der Waals surface area contributed by atoms with Crippen LogP contribution in [0.2, 0.25) is 5.02 Å². The summed E-state index contributed by atoms with van der Waals surface area (Å²) < 4.78 is 54.6. The average Bonchev–Trinajstić information content (AvgIpc) is 2.65. The second kappa shape index (κ2) is 8.10. The van der Waals surface area contributed by atoms with E-state index in [1.807, 2.05) is 0 Å². The number of hydrogen-bond donors (Lipinski definition) is 0. The van der Waals surface area contributed by atoms with Gasteiger partial charge in [-0.25, -0.2) is 13.4 Å². The Morgan fingerprint density at radius 1 is 1.18 bits per heavy atom. The minimum atomic E-state index is -5.09. The van der Waals surface area contributed by atoms with E-state index in [1.54, 1.807) is 0 Å². The van der Waals surface area contributed by atoms with E-state index < -0.39 is 38.9 Å². The maximum atomic E-state index is 12.9. The number of hydrogen-bond acceptors (Lipinski definition) is 8. The Morgan fingerprint density at radius 2 is 1.79 bits per heavy atom. The molecule has 0 saturated carbocycles. The van der Waals surface area contributed by atoms with Crippen LogP contribution in [0.15, 0.2) is 18.2 Å². The molecule has 0 N–H and O–H groups in total. The van der Waals surface area contributed by atoms with Crippen molar-refractivity contribution >= 4 is 38.9 Å². The van der Waals surface area contributed by atoms with Crippen molar-refractivity contribution in [3.63, 3.8) is 0 Å². The Morgan fingerprint density at radius 3 is 2.32 bits per heavy atom. The van der Waals surface area contributed by atoms with Gasteiger partial charge in [0.05, 0.1) is 23.4 Å². The highest BCUT2D eigenvalue weighted by molar-refractivity contribution is 7.93. The molecule has 0 aliphatic rings. The molecule has 13 heteroatoms. The Balaban J connectivity index is 2.67. The minimum Gasteiger partial charge on any atom is -0.467 e. The lowest BCUT2D eigenvalue weighted by atomic mass is 10.1. The van der Waals surface area contributed by atoms with Crippen LogP contribution in [0.4, 0.5) is 14.5 Å². The summed E-state index contributed by atoms with van der Waals surface area (Å²) in [6.07, 6.45) is 0. The van der Waals surface area contributed by atoms with Gasteiger partial charge in [-0.2, -0.15) is 18.7 Å². The molecule has 0 atom stereocenters. The summed E-state index contributed by atoms with van der Waals surface area (Å²) in [4.78, 5) is 35.6. The van der Waals surface area contributed by atoms with E-state index in [1.165, 1.54) is 19.2 Å². The zero-order valence-electron chi connectivity index (χ0n) is 14.7. The lowest BCUT2D eigenvalue weighted by Gasteiger charge is -2.22. The second-order valence-electron chi connectivity index (χ2n) is 5.26. The minimum absolute atomic E-state index is 0.206. The highest BCUT2D eigenvalue weighted by atomic mass is 35.5. The number of methoxy groups -OCH3 is 1. The van der Waals surface area contributed by atoms with Gasteiger partial charge in [0.1, 0.15) is 0 Å². The standard InChI is InChI=1S/C15H13ClF2N4O5S/c1-7(23)12-19-13(21-15(20-12)27-3)11(24)8-5-4-6-9(16)10(8)22(2)28(25,26)14(17)18/h4-6,14H,1-3H3. The molecule has 0 radical (unpaired) electrons. The van der Waals surface area contributed by atoms with Gasteiger partial charge in [0.25, 0.3) is 10.0 Å². The molecule has 9 nitrogen and oxygen atoms in total. The summed E-state index contributed by atoms with van der Waals surface area (Å²) in [7, 11) is -3.07. The lowest BCUT2D eigenvalue weighted by molar-refractivity contribution is 0.1000. The predicted molar refractivity (Wildman–Crippen MR) is 94.6 cm³/mol. The van der Waals surface area contributed by atoms with Crippen molar-refractivity contribution in [1.29, 1.82) is 0 Å². The van der Waals surface area contributed by atoms with E-state index in [0.717, 1.165) is 20.0 Å². The smallest absolute Gasteiger partial charge is 0.355 e. The van der Waals surface area contributed by atoms with E-state index in [2.05, 4.69) is 15.0 Å². The number of anilines is 1. The number of rotatable bonds is 7. The van der Waals surface area contributed by atoms with Crippen LogP contribution in [0, 0.1) is 0 Å². The summed E-state index contributed by atoms with van der Waals surface area (Å²) in [6.45, 7) is 1.15. The van der Waals surface area contributed by atoms with Crippen LogP contribution >= 0.6 is 11.6 Å². The molecule has 0 aliphatic carbocycles. The first-order chi connectivity index (χ1) is 13.0. The Labute approximate surface area is 163 Å². The van der Waals surface area contributed by atoms with Gasteiger partial charge in [-0.3, -0.25) is 13.9 Å². The predicted octanol–water partition coefficient (Wildman–Crippen LogP) is 1.96. The molecule has 1 heterocycles. The van der Waals surface area contributed by atoms with Gasteiger partial charge >= 0.3 is 11.8 Å². The molecular weight excluding hydrogens is 422 g/mol. The summed E-state index contributed by atoms with van der Waals surface area (Å²) in [5, 5.41) is -0.273. The van der Waals surface area contributed by atoms with Gasteiger partial charge in [-0.15, -0.1) is 0 Å². The van der Waals surface area contributed by atoms with Crippen LogP contribution in [0.25, 0.3) is 0 Å². The molecule has 1 aromatic carbocycles. The van der Waals surface area contributed by atoms with Crippen LogP contribution in [0.1, 0.15) is 33.7 Å².